The van der Waals surface area contributed by atoms with E-state index in [2.05, 4.69) is 20.6 Å². The van der Waals surface area contributed by atoms with Crippen LogP contribution in [0.25, 0.3) is 0 Å². The highest BCUT2D eigenvalue weighted by Crippen LogP contribution is 2.25. The van der Waals surface area contributed by atoms with Crippen LogP contribution in [0.2, 0.25) is 0 Å². The molecule has 0 saturated carbocycles. The van der Waals surface area contributed by atoms with E-state index in [1.807, 2.05) is 24.1 Å². The Hall–Kier alpha value is -0.990. The molecule has 0 amide bonds. The Morgan fingerprint density at radius 2 is 2.32 bits per heavy atom. The van der Waals surface area contributed by atoms with E-state index in [1.165, 1.54) is 24.9 Å². The number of nitrogens with one attached hydrogen (secondary N) is 3. The van der Waals surface area contributed by atoms with Crippen molar-refractivity contribution in [1.29, 1.82) is 0 Å². The predicted octanol–water partition coefficient (Wildman–Crippen LogP) is -0.757. The summed E-state index contributed by atoms with van der Waals surface area (Å²) in [5.74, 6) is 1.84. The molecule has 1 saturated heterocycles. The highest BCUT2D eigenvalue weighted by Gasteiger charge is 2.38. The van der Waals surface area contributed by atoms with Crippen LogP contribution in [-0.4, -0.2) is 75.4 Å². The van der Waals surface area contributed by atoms with E-state index >= 15 is 0 Å². The highest BCUT2D eigenvalue weighted by atomic mass is 32.2. The Morgan fingerprint density at radius 3 is 2.92 bits per heavy atom. The van der Waals surface area contributed by atoms with Gasteiger partial charge >= 0.3 is 12.1 Å². The molecule has 0 aromatic heterocycles. The molecule has 0 aromatic rings. The minimum atomic E-state index is -3.04. The Morgan fingerprint density at radius 1 is 1.48 bits per heavy atom. The van der Waals surface area contributed by atoms with Crippen LogP contribution in [0, 0.1) is 0 Å². The quantitative estimate of drug-likeness (QED) is 0.534. The van der Waals surface area contributed by atoms with E-state index in [0.717, 1.165) is 12.2 Å². The maximum absolute atomic E-state index is 11.7. The van der Waals surface area contributed by atoms with E-state index in [4.69, 9.17) is 4.74 Å². The van der Waals surface area contributed by atoms with Crippen molar-refractivity contribution in [3.63, 3.8) is 0 Å². The third-order valence-electron chi connectivity index (χ3n) is 4.79. The minimum Gasteiger partial charge on any atom is -0.437 e. The Balaban J connectivity index is 1.64. The van der Waals surface area contributed by atoms with Gasteiger partial charge in [0.1, 0.15) is 0 Å². The first-order valence-electron chi connectivity index (χ1n) is 8.66. The maximum atomic E-state index is 11.7. The fourth-order valence-corrected chi connectivity index (χ4v) is 5.32. The van der Waals surface area contributed by atoms with Crippen LogP contribution in [0.1, 0.15) is 19.3 Å². The number of ether oxygens (including phenoxy) is 1. The number of nitrogens with zero attached hydrogens (tertiary/aromatic N) is 1. The van der Waals surface area contributed by atoms with Gasteiger partial charge in [-0.3, -0.25) is 10.6 Å². The fraction of sp³-hybridized carbons (Fsp3) is 0.750. The third kappa shape index (κ3) is 4.80. The Labute approximate surface area is 153 Å². The lowest BCUT2D eigenvalue weighted by Gasteiger charge is -2.28. The summed E-state index contributed by atoms with van der Waals surface area (Å²) in [6.07, 6.45) is 8.10. The molecule has 0 aliphatic carbocycles. The zero-order valence-corrected chi connectivity index (χ0v) is 16.3. The molecule has 0 bridgehead atoms. The van der Waals surface area contributed by atoms with Gasteiger partial charge in [0.2, 0.25) is 0 Å². The average molecular weight is 388 g/mol. The molecule has 7 nitrogen and oxygen atoms in total. The van der Waals surface area contributed by atoms with Crippen molar-refractivity contribution >= 4 is 33.7 Å². The number of hydrogen-bond acceptors (Lipinski definition) is 7. The Bertz CT molecular complexity index is 679. The molecule has 4 unspecified atom stereocenters. The molecule has 3 aliphatic rings. The lowest BCUT2D eigenvalue weighted by molar-refractivity contribution is 0.357. The standard InChI is InChI=1S/C16H27N4O3S2/c1-23-16-15(13-6-5-12(9-17-13)25(2,21)22)20-14(10-19-16)18-8-11-4-3-7-24-11/h6,10-12,14-15,17-18,20H,3-5,7-9H2,1-2H3/q+1. The number of thioether (sulfide) groups is 1. The van der Waals surface area contributed by atoms with Crippen LogP contribution in [0.5, 0.6) is 0 Å². The van der Waals surface area contributed by atoms with Crippen LogP contribution >= 0.6 is 11.8 Å². The molecular weight excluding hydrogens is 360 g/mol. The molecule has 4 atom stereocenters. The molecule has 0 spiro atoms. The van der Waals surface area contributed by atoms with Crippen molar-refractivity contribution in [2.75, 3.05) is 32.2 Å². The summed E-state index contributed by atoms with van der Waals surface area (Å²) in [4.78, 5) is 0. The zero-order chi connectivity index (χ0) is 17.9. The maximum Gasteiger partial charge on any atom is 0.484 e. The topological polar surface area (TPSA) is 93.6 Å². The molecular formula is C16H27N4O3S2+. The second-order valence-electron chi connectivity index (χ2n) is 6.67. The molecule has 3 N–H and O–H groups in total. The van der Waals surface area contributed by atoms with E-state index in [0.29, 0.717) is 24.1 Å². The number of hydrogen-bond donors (Lipinski definition) is 3. The van der Waals surface area contributed by atoms with Crippen LogP contribution in [0.4, 0.5) is 0 Å². The fourth-order valence-electron chi connectivity index (χ4n) is 3.28. The molecule has 3 rings (SSSR count). The molecule has 0 radical (unpaired) electrons. The van der Waals surface area contributed by atoms with Crippen LogP contribution in [-0.2, 0) is 14.6 Å². The summed E-state index contributed by atoms with van der Waals surface area (Å²) >= 11 is 2.02. The summed E-state index contributed by atoms with van der Waals surface area (Å²) in [5.41, 5.74) is 0.927. The van der Waals surface area contributed by atoms with Crippen LogP contribution in [0.3, 0.4) is 0 Å². The van der Waals surface area contributed by atoms with Gasteiger partial charge in [-0.2, -0.15) is 11.8 Å². The van der Waals surface area contributed by atoms with Gasteiger partial charge in [-0.05, 0) is 25.0 Å². The first-order valence-corrected chi connectivity index (χ1v) is 11.7. The first kappa shape index (κ1) is 18.8. The average Bonchev–Trinajstić information content (AvgIpc) is 3.12. The predicted molar refractivity (Wildman–Crippen MR) is 104 cm³/mol. The van der Waals surface area contributed by atoms with E-state index in [9.17, 15) is 8.42 Å². The lowest BCUT2D eigenvalue weighted by Crippen LogP contribution is -2.59. The molecule has 0 aromatic carbocycles. The smallest absolute Gasteiger partial charge is 0.437 e. The first-order chi connectivity index (χ1) is 12.0. The van der Waals surface area contributed by atoms with Gasteiger partial charge in [-0.25, -0.2) is 8.42 Å². The van der Waals surface area contributed by atoms with Gasteiger partial charge in [-0.15, -0.1) is 0 Å². The largest absolute Gasteiger partial charge is 0.484 e. The third-order valence-corrected chi connectivity index (χ3v) is 7.76. The van der Waals surface area contributed by atoms with Crippen molar-refractivity contribution in [2.45, 2.75) is 42.0 Å². The van der Waals surface area contributed by atoms with E-state index < -0.39 is 9.84 Å². The van der Waals surface area contributed by atoms with Crippen molar-refractivity contribution in [3.8, 4) is 0 Å². The molecule has 3 heterocycles. The number of rotatable bonds is 5. The molecule has 3 aliphatic heterocycles. The molecule has 9 heteroatoms. The van der Waals surface area contributed by atoms with Gasteiger partial charge in [0.25, 0.3) is 0 Å². The van der Waals surface area contributed by atoms with E-state index in [-0.39, 0.29) is 17.5 Å². The van der Waals surface area contributed by atoms with Crippen molar-refractivity contribution in [2.24, 2.45) is 0 Å². The normalized spacial score (nSPS) is 32.7. The van der Waals surface area contributed by atoms with Gasteiger partial charge in [0.15, 0.2) is 22.0 Å². The second kappa shape index (κ2) is 8.14. The van der Waals surface area contributed by atoms with Gasteiger partial charge in [0, 0.05) is 30.3 Å². The number of sulfone groups is 1. The number of methoxy groups -OCH3 is 1. The van der Waals surface area contributed by atoms with Gasteiger partial charge in [-0.1, -0.05) is 10.7 Å². The lowest BCUT2D eigenvalue weighted by atomic mass is 10.1. The SMILES string of the molecule is COC1=[N+]=CC(NCC2CCCS2)NC1C1=CCC(S(C)(=O)=O)CN1. The summed E-state index contributed by atoms with van der Waals surface area (Å²) in [5, 5.41) is 10.5. The van der Waals surface area contributed by atoms with Crippen LogP contribution < -0.4 is 20.6 Å². The monoisotopic (exact) mass is 387 g/mol. The summed E-state index contributed by atoms with van der Waals surface area (Å²) in [7, 11) is -1.43. The van der Waals surface area contributed by atoms with Crippen molar-refractivity contribution in [3.05, 3.63) is 11.8 Å². The summed E-state index contributed by atoms with van der Waals surface area (Å²) in [6.45, 7) is 1.37. The summed E-state index contributed by atoms with van der Waals surface area (Å²) in [6, 6.07) is -0.191. The van der Waals surface area contributed by atoms with Gasteiger partial charge in [0.05, 0.1) is 12.4 Å². The minimum absolute atomic E-state index is 0.0274. The Kier molecular flexibility index (Phi) is 6.12. The van der Waals surface area contributed by atoms with Crippen molar-refractivity contribution in [1.82, 2.24) is 20.6 Å². The molecule has 140 valence electrons. The summed E-state index contributed by atoms with van der Waals surface area (Å²) < 4.78 is 33.2. The van der Waals surface area contributed by atoms with Crippen molar-refractivity contribution < 1.29 is 13.2 Å². The highest BCUT2D eigenvalue weighted by molar-refractivity contribution is 8.00. The van der Waals surface area contributed by atoms with Crippen LogP contribution in [0.15, 0.2) is 11.8 Å². The number of allylic oxidation sites excluding steroid dienone is 1. The second-order valence-corrected chi connectivity index (χ2v) is 10.4. The molecule has 25 heavy (non-hydrogen) atoms. The molecule has 1 fully saturated rings. The van der Waals surface area contributed by atoms with E-state index in [1.54, 1.807) is 7.11 Å². The zero-order valence-electron chi connectivity index (χ0n) is 14.7. The van der Waals surface area contributed by atoms with Gasteiger partial charge < -0.3 is 10.1 Å².